The fraction of sp³-hybridized carbons (Fsp3) is 0.736. The van der Waals surface area contributed by atoms with Crippen LogP contribution in [0.1, 0.15) is 132 Å². The molecule has 3 N–H and O–H groups in total. The van der Waals surface area contributed by atoms with Gasteiger partial charge in [0.05, 0.1) is 18.3 Å². The number of tetrazole rings is 1. The van der Waals surface area contributed by atoms with Crippen LogP contribution < -0.4 is 0 Å². The number of ether oxygens (including phenoxy) is 5. The highest BCUT2D eigenvalue weighted by atomic mass is 16.6. The van der Waals surface area contributed by atoms with Crippen LogP contribution >= 0.6 is 0 Å². The number of carbonyl (C=O) groups excluding carboxylic acids is 5. The lowest BCUT2D eigenvalue weighted by Gasteiger charge is -2.42. The number of ketones is 3. The van der Waals surface area contributed by atoms with E-state index in [0.717, 1.165) is 24.8 Å². The molecule has 2 saturated heterocycles. The maximum atomic E-state index is 14.4. The number of rotatable bonds is 6. The average molecular weight is 982 g/mol. The Morgan fingerprint density at radius 1 is 0.886 bits per heavy atom. The van der Waals surface area contributed by atoms with Gasteiger partial charge in [0.1, 0.15) is 30.1 Å². The summed E-state index contributed by atoms with van der Waals surface area (Å²) in [7, 11) is 4.70. The van der Waals surface area contributed by atoms with Gasteiger partial charge in [0.25, 0.3) is 11.7 Å². The first-order chi connectivity index (χ1) is 33.2. The topological polar surface area (TPSA) is 230 Å². The Morgan fingerprint density at radius 3 is 2.27 bits per heavy atom. The lowest BCUT2D eigenvalue weighted by molar-refractivity contribution is -0.265. The van der Waals surface area contributed by atoms with Crippen LogP contribution in [0.15, 0.2) is 53.9 Å². The van der Waals surface area contributed by atoms with Gasteiger partial charge in [-0.15, -0.1) is 10.2 Å². The monoisotopic (exact) mass is 982 g/mol. The maximum absolute atomic E-state index is 14.4. The van der Waals surface area contributed by atoms with Crippen LogP contribution in [0.2, 0.25) is 0 Å². The van der Waals surface area contributed by atoms with Crippen molar-refractivity contribution in [1.82, 2.24) is 25.5 Å². The van der Waals surface area contributed by atoms with Gasteiger partial charge in [-0.1, -0.05) is 83.2 Å². The van der Waals surface area contributed by atoms with E-state index in [-0.39, 0.29) is 54.8 Å². The third-order valence-corrected chi connectivity index (χ3v) is 15.1. The maximum Gasteiger partial charge on any atom is 0.329 e. The fourth-order valence-corrected chi connectivity index (χ4v) is 10.5. The van der Waals surface area contributed by atoms with Crippen molar-refractivity contribution in [3.63, 3.8) is 0 Å². The summed E-state index contributed by atoms with van der Waals surface area (Å²) >= 11 is 0. The van der Waals surface area contributed by atoms with Gasteiger partial charge in [0.15, 0.2) is 12.1 Å². The number of Topliss-reactive ketones (excluding diaryl/α,β-unsaturated/α-hetero) is 3. The molecule has 1 unspecified atom stereocenters. The number of fused-ring (bicyclic) bond motifs is 3. The molecule has 1 amide bonds. The molecule has 0 radical (unpaired) electrons. The van der Waals surface area contributed by atoms with Crippen molar-refractivity contribution < 1.29 is 57.9 Å². The Hall–Kier alpha value is -4.26. The van der Waals surface area contributed by atoms with E-state index in [1.165, 1.54) is 18.3 Å². The molecule has 17 nitrogen and oxygen atoms in total. The largest absolute Gasteiger partial charge is 0.460 e. The van der Waals surface area contributed by atoms with Crippen molar-refractivity contribution in [3.05, 3.63) is 53.9 Å². The van der Waals surface area contributed by atoms with Crippen LogP contribution in [0.4, 0.5) is 0 Å². The second-order valence-corrected chi connectivity index (χ2v) is 20.6. The molecule has 17 heteroatoms. The molecular weight excluding hydrogens is 899 g/mol. The van der Waals surface area contributed by atoms with Gasteiger partial charge in [0, 0.05) is 58.5 Å². The molecule has 4 heterocycles. The van der Waals surface area contributed by atoms with Crippen molar-refractivity contribution in [2.24, 2.45) is 41.4 Å². The van der Waals surface area contributed by atoms with Crippen LogP contribution in [0.3, 0.4) is 0 Å². The molecule has 4 aliphatic rings. The first kappa shape index (κ1) is 58.3. The molecule has 15 atom stereocenters. The number of hydrogen-bond donors (Lipinski definition) is 3. The van der Waals surface area contributed by atoms with Crippen molar-refractivity contribution in [2.45, 2.75) is 181 Å². The predicted molar refractivity (Wildman–Crippen MR) is 262 cm³/mol. The molecule has 1 saturated carbocycles. The van der Waals surface area contributed by atoms with E-state index >= 15 is 0 Å². The zero-order valence-electron chi connectivity index (χ0n) is 43.6. The number of amides is 1. The minimum absolute atomic E-state index is 0.0304. The Kier molecular flexibility index (Phi) is 23.4. The number of nitrogens with zero attached hydrogens (tertiary/aromatic N) is 4. The van der Waals surface area contributed by atoms with Gasteiger partial charge in [0.2, 0.25) is 5.79 Å². The van der Waals surface area contributed by atoms with E-state index < -0.39 is 77.8 Å². The minimum atomic E-state index is -2.41. The minimum Gasteiger partial charge on any atom is -0.460 e. The molecule has 70 heavy (non-hydrogen) atoms. The second kappa shape index (κ2) is 28.1. The standard InChI is InChI=1S/C52H81NO12.CH2N4/c1-31-17-13-12-14-18-32(2)44(62-10)29-40-23-21-38(8)52(60,65-40)49(57)50(58)53-24-16-15-19-41(53)51(59)64-45(35(5)27-39-22-20-33(3)43(28-39)61-9)30-42(54)34(4)26-37(7)47(56)48(63-11)46(55)36(6)25-31;1-2-4-5-3-1/h12-14,17-18,26,31,33-36,38-41,43-45,47-48,56,60H,15-16,19-25,27-30H2,1-11H3;1H,(H,2,3,4,5)/b14-12+,17-13+,32-18+,37-26+;/t31-,33?,34-,35-,36-,38-,39+,40+,41+,43-,44+,45+,47-,48+,52-;/m1./s1. The number of nitrogens with one attached hydrogen (secondary N) is 1. The molecule has 1 aromatic rings. The number of aromatic nitrogens is 4. The van der Waals surface area contributed by atoms with E-state index in [1.54, 1.807) is 41.1 Å². The Balaban J connectivity index is 0.00000200. The summed E-state index contributed by atoms with van der Waals surface area (Å²) in [6, 6.07) is -1.11. The molecule has 3 fully saturated rings. The molecule has 2 bridgehead atoms. The highest BCUT2D eigenvalue weighted by Gasteiger charge is 2.53. The number of hydrogen-bond acceptors (Lipinski definition) is 15. The summed E-state index contributed by atoms with van der Waals surface area (Å²) in [4.78, 5) is 71.9. The van der Waals surface area contributed by atoms with Crippen LogP contribution in [0.5, 0.6) is 0 Å². The van der Waals surface area contributed by atoms with Crippen LogP contribution in [0, 0.1) is 41.4 Å². The number of piperidine rings is 1. The van der Waals surface area contributed by atoms with Gasteiger partial charge in [-0.2, -0.15) is 5.21 Å². The number of carbonyl (C=O) groups is 5. The highest BCUT2D eigenvalue weighted by molar-refractivity contribution is 6.39. The van der Waals surface area contributed by atoms with Crippen LogP contribution in [-0.4, -0.2) is 141 Å². The predicted octanol–water partition coefficient (Wildman–Crippen LogP) is 6.66. The first-order valence-electron chi connectivity index (χ1n) is 25.4. The Morgan fingerprint density at radius 2 is 1.63 bits per heavy atom. The SMILES string of the molecule is CO[C@H]1C[C@@H]2CC[C@@H](C)[C@@](O)(O2)C(=O)C(=O)N2CCCC[C@H]2C(=O)O[C@H]([C@H](C)C[C@@H]2CCC(C)[C@H](OC)C2)CC(=O)[C@H](C)/C=C(\C)[C@@H](O)[C@@H](OC)C(=O)[C@H](C)C[C@H](C)/C=C/C=C/C=C/1C.c1nn[nH]n1. The molecule has 392 valence electrons. The molecule has 5 rings (SSSR count). The van der Waals surface area contributed by atoms with E-state index in [1.807, 2.05) is 58.1 Å². The third-order valence-electron chi connectivity index (χ3n) is 15.1. The van der Waals surface area contributed by atoms with Gasteiger partial charge in [-0.3, -0.25) is 19.2 Å². The van der Waals surface area contributed by atoms with Gasteiger partial charge in [-0.05, 0) is 113 Å². The molecule has 1 aliphatic carbocycles. The molecule has 3 aliphatic heterocycles. The average Bonchev–Trinajstić information content (AvgIpc) is 3.94. The molecule has 0 spiro atoms. The number of aromatic amines is 1. The number of H-pyrrole nitrogens is 1. The van der Waals surface area contributed by atoms with E-state index in [4.69, 9.17) is 23.7 Å². The van der Waals surface area contributed by atoms with Gasteiger partial charge >= 0.3 is 5.97 Å². The summed E-state index contributed by atoms with van der Waals surface area (Å²) < 4.78 is 29.7. The van der Waals surface area contributed by atoms with Crippen molar-refractivity contribution in [3.8, 4) is 0 Å². The third kappa shape index (κ3) is 16.1. The summed E-state index contributed by atoms with van der Waals surface area (Å²) in [6.07, 6.45) is 15.0. The van der Waals surface area contributed by atoms with Gasteiger partial charge in [-0.25, -0.2) is 4.79 Å². The molecule has 0 aromatic carbocycles. The van der Waals surface area contributed by atoms with Crippen LogP contribution in [0.25, 0.3) is 0 Å². The van der Waals surface area contributed by atoms with E-state index in [9.17, 15) is 34.2 Å². The number of cyclic esters (lactones) is 1. The summed E-state index contributed by atoms with van der Waals surface area (Å²) in [5.74, 6) is -7.07. The summed E-state index contributed by atoms with van der Waals surface area (Å²) in [5.41, 5.74) is 1.30. The molecular formula is C53H83N5O12. The Bertz CT molecular complexity index is 1950. The lowest BCUT2D eigenvalue weighted by Crippen LogP contribution is -2.61. The first-order valence-corrected chi connectivity index (χ1v) is 25.4. The normalized spacial score (nSPS) is 38.1. The van der Waals surface area contributed by atoms with Crippen molar-refractivity contribution in [1.29, 1.82) is 0 Å². The number of methoxy groups -OCH3 is 3. The lowest BCUT2D eigenvalue weighted by atomic mass is 9.76. The van der Waals surface area contributed by atoms with Crippen molar-refractivity contribution in [2.75, 3.05) is 27.9 Å². The summed E-state index contributed by atoms with van der Waals surface area (Å²) in [5, 5.41) is 35.6. The fourth-order valence-electron chi connectivity index (χ4n) is 10.5. The second-order valence-electron chi connectivity index (χ2n) is 20.6. The smallest absolute Gasteiger partial charge is 0.329 e. The zero-order chi connectivity index (χ0) is 51.7. The van der Waals surface area contributed by atoms with Crippen molar-refractivity contribution >= 4 is 29.2 Å². The van der Waals surface area contributed by atoms with E-state index in [0.29, 0.717) is 56.4 Å². The van der Waals surface area contributed by atoms with Crippen LogP contribution in [-0.2, 0) is 47.7 Å². The van der Waals surface area contributed by atoms with Gasteiger partial charge < -0.3 is 38.8 Å². The summed E-state index contributed by atoms with van der Waals surface area (Å²) in [6.45, 7) is 15.1. The number of allylic oxidation sites excluding steroid dienone is 6. The number of esters is 1. The number of aliphatic hydroxyl groups excluding tert-OH is 1. The number of aliphatic hydroxyl groups is 2. The quantitative estimate of drug-likeness (QED) is 0.154. The molecule has 1 aromatic heterocycles. The Labute approximate surface area is 415 Å². The zero-order valence-corrected chi connectivity index (χ0v) is 43.6. The van der Waals surface area contributed by atoms with E-state index in [2.05, 4.69) is 27.5 Å². The highest BCUT2D eigenvalue weighted by Crippen LogP contribution is 2.38.